The number of hydrogen-bond donors (Lipinski definition) is 2. The monoisotopic (exact) mass is 210 g/mol. The smallest absolute Gasteiger partial charge is 0.353 e. The Balaban J connectivity index is 0. The molecule has 0 aliphatic rings. The molecule has 13 heavy (non-hydrogen) atoms. The molecule has 0 aromatic heterocycles. The van der Waals surface area contributed by atoms with E-state index in [1.54, 1.807) is 6.92 Å². The molecule has 4 nitrogen and oxygen atoms in total. The molecule has 0 bridgehead atoms. The van der Waals surface area contributed by atoms with E-state index < -0.39 is 17.7 Å². The summed E-state index contributed by atoms with van der Waals surface area (Å²) in [6.07, 6.45) is 0.700. The molecular weight excluding hydrogens is 195 g/mol. The Labute approximate surface area is 122 Å². The van der Waals surface area contributed by atoms with Gasteiger partial charge < -0.3 is 17.6 Å². The molecule has 0 aromatic carbocycles. The molecular formula is C8H15KN2O2. The zero-order chi connectivity index (χ0) is 9.56. The summed E-state index contributed by atoms with van der Waals surface area (Å²) in [6.45, 7) is 5.91. The topological polar surface area (TPSA) is 58.2 Å². The van der Waals surface area contributed by atoms with Crippen LogP contribution < -0.4 is 62.0 Å². The number of Topliss-reactive ketones (excluding diaryl/α,β-unsaturated/α-hetero) is 1. The summed E-state index contributed by atoms with van der Waals surface area (Å²) in [7, 11) is 1.44. The first-order valence-corrected chi connectivity index (χ1v) is 3.92. The van der Waals surface area contributed by atoms with Gasteiger partial charge in [-0.3, -0.25) is 9.59 Å². The molecule has 0 aliphatic heterocycles. The fourth-order valence-electron chi connectivity index (χ4n) is 0.731. The van der Waals surface area contributed by atoms with Crippen LogP contribution in [0, 0.1) is 6.92 Å². The Morgan fingerprint density at radius 3 is 2.38 bits per heavy atom. The van der Waals surface area contributed by atoms with Crippen LogP contribution in [0.1, 0.15) is 13.3 Å². The van der Waals surface area contributed by atoms with Crippen LogP contribution in [0.25, 0.3) is 0 Å². The quantitative estimate of drug-likeness (QED) is 0.281. The largest absolute Gasteiger partial charge is 1.00 e. The summed E-state index contributed by atoms with van der Waals surface area (Å²) in [5.74, 6) is -0.995. The van der Waals surface area contributed by atoms with Crippen molar-refractivity contribution in [2.24, 2.45) is 0 Å². The minimum atomic E-state index is -0.556. The second-order valence-electron chi connectivity index (χ2n) is 2.47. The molecule has 0 fully saturated rings. The van der Waals surface area contributed by atoms with Crippen LogP contribution in [0.5, 0.6) is 0 Å². The maximum absolute atomic E-state index is 11.1. The third-order valence-corrected chi connectivity index (χ3v) is 1.47. The molecule has 0 heterocycles. The van der Waals surface area contributed by atoms with Crippen LogP contribution in [0.15, 0.2) is 0 Å². The van der Waals surface area contributed by atoms with Crippen molar-refractivity contribution in [2.45, 2.75) is 19.4 Å². The molecule has 0 aliphatic carbocycles. The van der Waals surface area contributed by atoms with Crippen molar-refractivity contribution in [3.63, 3.8) is 0 Å². The van der Waals surface area contributed by atoms with Gasteiger partial charge >= 0.3 is 51.4 Å². The van der Waals surface area contributed by atoms with E-state index in [2.05, 4.69) is 17.6 Å². The van der Waals surface area contributed by atoms with E-state index in [4.69, 9.17) is 0 Å². The van der Waals surface area contributed by atoms with E-state index in [0.29, 0.717) is 13.0 Å². The maximum atomic E-state index is 11.1. The molecule has 2 N–H and O–H groups in total. The normalized spacial score (nSPS) is 11.3. The second kappa shape index (κ2) is 9.30. The van der Waals surface area contributed by atoms with Crippen molar-refractivity contribution < 1.29 is 61.0 Å². The first-order chi connectivity index (χ1) is 5.63. The van der Waals surface area contributed by atoms with E-state index in [1.165, 1.54) is 7.05 Å². The molecule has 0 saturated carbocycles. The molecule has 5 heteroatoms. The average Bonchev–Trinajstić information content (AvgIpc) is 2.11. The predicted octanol–water partition coefficient (Wildman–Crippen LogP) is -3.49. The van der Waals surface area contributed by atoms with Crippen LogP contribution in [-0.2, 0) is 9.59 Å². The molecule has 0 spiro atoms. The predicted molar refractivity (Wildman–Crippen MR) is 46.5 cm³/mol. The zero-order valence-electron chi connectivity index (χ0n) is 8.52. The Morgan fingerprint density at radius 1 is 1.46 bits per heavy atom. The van der Waals surface area contributed by atoms with Gasteiger partial charge in [-0.05, 0) is 13.5 Å². The number of amides is 1. The van der Waals surface area contributed by atoms with Crippen molar-refractivity contribution in [1.29, 1.82) is 0 Å². The minimum absolute atomic E-state index is 0. The fraction of sp³-hybridized carbons (Fsp3) is 0.625. The van der Waals surface area contributed by atoms with Gasteiger partial charge in [0.1, 0.15) is 0 Å². The Kier molecular flexibility index (Phi) is 11.6. The molecule has 0 radical (unpaired) electrons. The van der Waals surface area contributed by atoms with Gasteiger partial charge in [0.2, 0.25) is 5.78 Å². The molecule has 0 rings (SSSR count). The Bertz CT molecular complexity index is 174. The van der Waals surface area contributed by atoms with E-state index in [-0.39, 0.29) is 51.4 Å². The molecule has 0 saturated heterocycles. The number of ketones is 1. The molecule has 1 amide bonds. The van der Waals surface area contributed by atoms with Gasteiger partial charge in [-0.15, -0.1) is 0 Å². The molecule has 0 aromatic rings. The second-order valence-corrected chi connectivity index (χ2v) is 2.47. The fourth-order valence-corrected chi connectivity index (χ4v) is 0.731. The van der Waals surface area contributed by atoms with Gasteiger partial charge in [0.15, 0.2) is 0 Å². The van der Waals surface area contributed by atoms with Crippen LogP contribution in [-0.4, -0.2) is 31.3 Å². The summed E-state index contributed by atoms with van der Waals surface area (Å²) in [5, 5.41) is 5.15. The van der Waals surface area contributed by atoms with Gasteiger partial charge in [0, 0.05) is 7.05 Å². The summed E-state index contributed by atoms with van der Waals surface area (Å²) >= 11 is 0. The number of carbonyl (C=O) groups is 2. The maximum Gasteiger partial charge on any atom is 1.00 e. The van der Waals surface area contributed by atoms with E-state index in [1.807, 2.05) is 0 Å². The SMILES string of the molecule is [CH2-]CCNC(C)C(=O)C(=O)NC.[K+]. The molecule has 1 atom stereocenters. The van der Waals surface area contributed by atoms with Gasteiger partial charge in [0.25, 0.3) is 5.91 Å². The van der Waals surface area contributed by atoms with Crippen LogP contribution in [0.2, 0.25) is 0 Å². The summed E-state index contributed by atoms with van der Waals surface area (Å²) < 4.78 is 0. The van der Waals surface area contributed by atoms with E-state index in [0.717, 1.165) is 0 Å². The third kappa shape index (κ3) is 6.76. The zero-order valence-corrected chi connectivity index (χ0v) is 11.6. The minimum Gasteiger partial charge on any atom is -0.353 e. The standard InChI is InChI=1S/C8H15N2O2.K/c1-4-5-10-6(2)7(11)8(12)9-3;/h6,10H,1,4-5H2,2-3H3,(H,9,12);/q-1;+1. The van der Waals surface area contributed by atoms with Gasteiger partial charge in [0.05, 0.1) is 6.04 Å². The summed E-state index contributed by atoms with van der Waals surface area (Å²) in [5.41, 5.74) is 0. The van der Waals surface area contributed by atoms with Gasteiger partial charge in [-0.25, -0.2) is 0 Å². The van der Waals surface area contributed by atoms with Gasteiger partial charge in [-0.1, -0.05) is 0 Å². The van der Waals surface area contributed by atoms with Crippen molar-refractivity contribution in [2.75, 3.05) is 13.6 Å². The van der Waals surface area contributed by atoms with Crippen molar-refractivity contribution >= 4 is 11.7 Å². The van der Waals surface area contributed by atoms with Crippen molar-refractivity contribution in [1.82, 2.24) is 10.6 Å². The Morgan fingerprint density at radius 2 is 2.00 bits per heavy atom. The van der Waals surface area contributed by atoms with Crippen LogP contribution >= 0.6 is 0 Å². The number of carbonyl (C=O) groups excluding carboxylic acids is 2. The summed E-state index contributed by atoms with van der Waals surface area (Å²) in [4.78, 5) is 21.9. The number of likely N-dealkylation sites (N-methyl/N-ethyl adjacent to an activating group) is 1. The summed E-state index contributed by atoms with van der Waals surface area (Å²) in [6, 6.07) is -0.424. The van der Waals surface area contributed by atoms with E-state index in [9.17, 15) is 9.59 Å². The van der Waals surface area contributed by atoms with Gasteiger partial charge in [-0.2, -0.15) is 6.42 Å². The first kappa shape index (κ1) is 16.2. The number of nitrogens with one attached hydrogen (secondary N) is 2. The van der Waals surface area contributed by atoms with E-state index >= 15 is 0 Å². The molecule has 70 valence electrons. The van der Waals surface area contributed by atoms with Crippen molar-refractivity contribution in [3.8, 4) is 0 Å². The number of hydrogen-bond acceptors (Lipinski definition) is 3. The number of rotatable bonds is 5. The first-order valence-electron chi connectivity index (χ1n) is 3.92. The van der Waals surface area contributed by atoms with Crippen LogP contribution in [0.4, 0.5) is 0 Å². The Hall–Kier alpha value is 0.736. The third-order valence-electron chi connectivity index (χ3n) is 1.47. The average molecular weight is 210 g/mol. The molecule has 1 unspecified atom stereocenters. The van der Waals surface area contributed by atoms with Crippen molar-refractivity contribution in [3.05, 3.63) is 6.92 Å². The van der Waals surface area contributed by atoms with Crippen LogP contribution in [0.3, 0.4) is 0 Å².